The number of ether oxygens (including phenoxy) is 1. The van der Waals surface area contributed by atoms with E-state index in [0.29, 0.717) is 37.8 Å². The van der Waals surface area contributed by atoms with Crippen molar-refractivity contribution in [2.75, 3.05) is 13.3 Å². The van der Waals surface area contributed by atoms with Crippen LogP contribution in [-0.2, 0) is 9.53 Å². The molecule has 0 bridgehead atoms. The van der Waals surface area contributed by atoms with Gasteiger partial charge in [0.2, 0.25) is 0 Å². The average molecular weight is 491 g/mol. The molecular formula is C27H46N4O4. The summed E-state index contributed by atoms with van der Waals surface area (Å²) in [6.07, 6.45) is 10.6. The first-order valence-electron chi connectivity index (χ1n) is 13.5. The third kappa shape index (κ3) is 6.60. The van der Waals surface area contributed by atoms with Crippen molar-refractivity contribution in [3.05, 3.63) is 23.8 Å². The van der Waals surface area contributed by atoms with E-state index in [4.69, 9.17) is 10.5 Å². The molecule has 2 saturated heterocycles. The molecule has 0 aromatic heterocycles. The van der Waals surface area contributed by atoms with E-state index in [1.807, 2.05) is 0 Å². The number of carbonyl (C=O) groups excluding carboxylic acids is 1. The zero-order valence-electron chi connectivity index (χ0n) is 21.6. The van der Waals surface area contributed by atoms with Crippen LogP contribution in [0.4, 0.5) is 0 Å². The maximum Gasteiger partial charge on any atom is 0.143 e. The summed E-state index contributed by atoms with van der Waals surface area (Å²) in [6, 6.07) is -0.424. The van der Waals surface area contributed by atoms with Gasteiger partial charge in [-0.05, 0) is 56.3 Å². The Hall–Kier alpha value is -1.13. The highest BCUT2D eigenvalue weighted by Gasteiger charge is 2.42. The molecule has 2 heterocycles. The number of aliphatic hydroxyl groups is 2. The number of ketones is 1. The molecule has 0 radical (unpaired) electrons. The molecule has 4 aliphatic rings. The highest BCUT2D eigenvalue weighted by molar-refractivity contribution is 5.85. The average Bonchev–Trinajstić information content (AvgIpc) is 3.31. The molecule has 0 amide bonds. The van der Waals surface area contributed by atoms with Gasteiger partial charge in [-0.15, -0.1) is 0 Å². The fraction of sp³-hybridized carbons (Fsp3) is 0.815. The normalized spacial score (nSPS) is 40.5. The Balaban J connectivity index is 1.28. The lowest BCUT2D eigenvalue weighted by atomic mass is 9.75. The molecule has 9 atom stereocenters. The minimum Gasteiger partial charge on any atom is -0.377 e. The standard InChI is InChI=1S/C27H46N4O4/c1-27(2,3)24-20(29-15-35-24)13-22-26(34)30-21(25(33)31-22)12-17-5-4-6-19(11-17)23(32)18-9-7-16(14-28)8-10-18/h4,6-7,17-22,24-26,29-31,33-34H,5,8-15,28H2,1-3H3. The summed E-state index contributed by atoms with van der Waals surface area (Å²) in [7, 11) is 0. The second-order valence-electron chi connectivity index (χ2n) is 12.1. The Morgan fingerprint density at radius 1 is 1.11 bits per heavy atom. The molecule has 0 aromatic rings. The molecular weight excluding hydrogens is 444 g/mol. The molecule has 0 aromatic carbocycles. The van der Waals surface area contributed by atoms with Gasteiger partial charge in [-0.2, -0.15) is 0 Å². The Morgan fingerprint density at radius 2 is 1.83 bits per heavy atom. The van der Waals surface area contributed by atoms with E-state index in [1.165, 1.54) is 5.57 Å². The number of nitrogens with one attached hydrogen (secondary N) is 3. The van der Waals surface area contributed by atoms with Crippen molar-refractivity contribution < 1.29 is 19.7 Å². The lowest BCUT2D eigenvalue weighted by Crippen LogP contribution is -2.67. The van der Waals surface area contributed by atoms with Crippen LogP contribution in [0.15, 0.2) is 23.8 Å². The molecule has 8 nitrogen and oxygen atoms in total. The molecule has 0 saturated carbocycles. The highest BCUT2D eigenvalue weighted by atomic mass is 16.5. The minimum atomic E-state index is -0.756. The van der Waals surface area contributed by atoms with Crippen molar-refractivity contribution in [2.45, 2.75) is 102 Å². The second-order valence-corrected chi connectivity index (χ2v) is 12.1. The van der Waals surface area contributed by atoms with Crippen molar-refractivity contribution in [3.8, 4) is 0 Å². The topological polar surface area (TPSA) is 129 Å². The van der Waals surface area contributed by atoms with Gasteiger partial charge >= 0.3 is 0 Å². The van der Waals surface area contributed by atoms with Crippen molar-refractivity contribution >= 4 is 5.78 Å². The van der Waals surface area contributed by atoms with Crippen LogP contribution in [-0.4, -0.2) is 66.0 Å². The number of Topliss-reactive ketones (excluding diaryl/α,β-unsaturated/α-hetero) is 1. The van der Waals surface area contributed by atoms with Gasteiger partial charge in [0, 0.05) is 30.5 Å². The maximum absolute atomic E-state index is 13.2. The van der Waals surface area contributed by atoms with Crippen molar-refractivity contribution in [1.82, 2.24) is 16.0 Å². The number of hydrogen-bond donors (Lipinski definition) is 6. The predicted molar refractivity (Wildman–Crippen MR) is 136 cm³/mol. The number of hydrogen-bond acceptors (Lipinski definition) is 8. The van der Waals surface area contributed by atoms with Gasteiger partial charge in [-0.25, -0.2) is 0 Å². The van der Waals surface area contributed by atoms with Gasteiger partial charge in [-0.1, -0.05) is 44.6 Å². The van der Waals surface area contributed by atoms with Crippen LogP contribution in [0, 0.1) is 23.2 Å². The molecule has 2 aliphatic heterocycles. The van der Waals surface area contributed by atoms with Crippen molar-refractivity contribution in [3.63, 3.8) is 0 Å². The first-order valence-corrected chi connectivity index (χ1v) is 13.5. The Bertz CT molecular complexity index is 795. The second kappa shape index (κ2) is 11.5. The zero-order chi connectivity index (χ0) is 25.2. The predicted octanol–water partition coefficient (Wildman–Crippen LogP) is 1.53. The molecule has 198 valence electrons. The molecule has 7 N–H and O–H groups in total. The van der Waals surface area contributed by atoms with Crippen LogP contribution in [0.5, 0.6) is 0 Å². The molecule has 2 aliphatic carbocycles. The SMILES string of the molecule is CC(C)(C)C1OCNC1CC1NC(O)C(CC2CC=CC(C(=O)C3CC=C(CN)CC3)C2)NC1O. The van der Waals surface area contributed by atoms with Crippen LogP contribution in [0.2, 0.25) is 0 Å². The zero-order valence-corrected chi connectivity index (χ0v) is 21.6. The molecule has 0 spiro atoms. The van der Waals surface area contributed by atoms with E-state index in [0.717, 1.165) is 32.1 Å². The van der Waals surface area contributed by atoms with E-state index in [2.05, 4.69) is 54.9 Å². The molecule has 9 unspecified atom stereocenters. The minimum absolute atomic E-state index is 0.00847. The van der Waals surface area contributed by atoms with Gasteiger partial charge in [0.05, 0.1) is 18.9 Å². The largest absolute Gasteiger partial charge is 0.377 e. The Labute approximate surface area is 210 Å². The van der Waals surface area contributed by atoms with Gasteiger partial charge in [-0.3, -0.25) is 20.7 Å². The van der Waals surface area contributed by atoms with Crippen LogP contribution >= 0.6 is 0 Å². The smallest absolute Gasteiger partial charge is 0.143 e. The highest BCUT2D eigenvalue weighted by Crippen LogP contribution is 2.34. The van der Waals surface area contributed by atoms with E-state index < -0.39 is 12.5 Å². The van der Waals surface area contributed by atoms with Gasteiger partial charge < -0.3 is 20.7 Å². The number of piperazine rings is 1. The Kier molecular flexibility index (Phi) is 8.85. The molecule has 2 fully saturated rings. The summed E-state index contributed by atoms with van der Waals surface area (Å²) in [5, 5.41) is 31.6. The first kappa shape index (κ1) is 26.9. The fourth-order valence-electron chi connectivity index (χ4n) is 6.42. The summed E-state index contributed by atoms with van der Waals surface area (Å²) in [6.45, 7) is 7.57. The van der Waals surface area contributed by atoms with Crippen LogP contribution in [0.25, 0.3) is 0 Å². The number of allylic oxidation sites excluding steroid dienone is 3. The van der Waals surface area contributed by atoms with E-state index >= 15 is 0 Å². The number of carbonyl (C=O) groups is 1. The molecule has 4 rings (SSSR count). The van der Waals surface area contributed by atoms with Crippen molar-refractivity contribution in [2.24, 2.45) is 28.9 Å². The van der Waals surface area contributed by atoms with E-state index in [1.54, 1.807) is 0 Å². The number of nitrogens with two attached hydrogens (primary N) is 1. The van der Waals surface area contributed by atoms with Crippen molar-refractivity contribution in [1.29, 1.82) is 0 Å². The van der Waals surface area contributed by atoms with E-state index in [9.17, 15) is 15.0 Å². The van der Waals surface area contributed by atoms with E-state index in [-0.39, 0.29) is 41.5 Å². The third-order valence-electron chi connectivity index (χ3n) is 8.41. The fourth-order valence-corrected chi connectivity index (χ4v) is 6.42. The Morgan fingerprint density at radius 3 is 2.46 bits per heavy atom. The van der Waals surface area contributed by atoms with Gasteiger partial charge in [0.25, 0.3) is 0 Å². The summed E-state index contributed by atoms with van der Waals surface area (Å²) < 4.78 is 5.89. The summed E-state index contributed by atoms with van der Waals surface area (Å²) in [5.41, 5.74) is 7.00. The van der Waals surface area contributed by atoms with Gasteiger partial charge in [0.15, 0.2) is 0 Å². The first-order chi connectivity index (χ1) is 16.7. The summed E-state index contributed by atoms with van der Waals surface area (Å²) in [4.78, 5) is 13.2. The number of rotatable bonds is 7. The maximum atomic E-state index is 13.2. The lowest BCUT2D eigenvalue weighted by Gasteiger charge is -2.42. The van der Waals surface area contributed by atoms with Crippen LogP contribution in [0.1, 0.15) is 65.7 Å². The lowest BCUT2D eigenvalue weighted by molar-refractivity contribution is -0.126. The monoisotopic (exact) mass is 490 g/mol. The quantitative estimate of drug-likeness (QED) is 0.297. The summed E-state index contributed by atoms with van der Waals surface area (Å²) in [5.74, 6) is 0.668. The third-order valence-corrected chi connectivity index (χ3v) is 8.41. The number of aliphatic hydroxyl groups excluding tert-OH is 2. The summed E-state index contributed by atoms with van der Waals surface area (Å²) >= 11 is 0. The molecule has 8 heteroatoms. The van der Waals surface area contributed by atoms with Gasteiger partial charge in [0.1, 0.15) is 18.2 Å². The van der Waals surface area contributed by atoms with Crippen LogP contribution in [0.3, 0.4) is 0 Å². The molecule has 35 heavy (non-hydrogen) atoms. The van der Waals surface area contributed by atoms with Crippen LogP contribution < -0.4 is 21.7 Å².